The fourth-order valence-electron chi connectivity index (χ4n) is 1.25. The fraction of sp³-hybridized carbons (Fsp3) is 0.778. The van der Waals surface area contributed by atoms with Crippen LogP contribution in [-0.2, 0) is 4.74 Å². The molecule has 1 saturated heterocycles. The highest BCUT2D eigenvalue weighted by Gasteiger charge is 2.36. The summed E-state index contributed by atoms with van der Waals surface area (Å²) in [4.78, 5) is 13.0. The first kappa shape index (κ1) is 10.8. The SMILES string of the molecule is CC(C)(C)OC(=O)N1CC[C@H]1C(=N)N. The van der Waals surface area contributed by atoms with Crippen LogP contribution in [0.25, 0.3) is 0 Å². The third-order valence-electron chi connectivity index (χ3n) is 2.01. The molecule has 0 aliphatic carbocycles. The summed E-state index contributed by atoms with van der Waals surface area (Å²) >= 11 is 0. The van der Waals surface area contributed by atoms with Crippen LogP contribution >= 0.6 is 0 Å². The smallest absolute Gasteiger partial charge is 0.410 e. The molecule has 1 heterocycles. The quantitative estimate of drug-likeness (QED) is 0.487. The molecule has 1 fully saturated rings. The van der Waals surface area contributed by atoms with Crippen molar-refractivity contribution in [2.24, 2.45) is 5.73 Å². The number of hydrogen-bond acceptors (Lipinski definition) is 3. The van der Waals surface area contributed by atoms with Crippen molar-refractivity contribution < 1.29 is 9.53 Å². The normalized spacial score (nSPS) is 21.4. The summed E-state index contributed by atoms with van der Waals surface area (Å²) in [6, 6.07) is -0.259. The standard InChI is InChI=1S/C9H17N3O2/c1-9(2,3)14-8(13)12-5-4-6(12)7(10)11/h6H,4-5H2,1-3H3,(H3,10,11)/t6-/m0/s1. The van der Waals surface area contributed by atoms with Gasteiger partial charge in [0.2, 0.25) is 0 Å². The first-order valence-electron chi connectivity index (χ1n) is 4.65. The molecule has 1 aliphatic rings. The van der Waals surface area contributed by atoms with Gasteiger partial charge in [0.25, 0.3) is 0 Å². The van der Waals surface area contributed by atoms with E-state index in [9.17, 15) is 4.79 Å². The second-order valence-corrected chi connectivity index (χ2v) is 4.43. The molecule has 3 N–H and O–H groups in total. The summed E-state index contributed by atoms with van der Waals surface area (Å²) in [5.74, 6) is 0.0297. The monoisotopic (exact) mass is 199 g/mol. The summed E-state index contributed by atoms with van der Waals surface area (Å²) in [5, 5.41) is 7.23. The molecule has 0 bridgehead atoms. The van der Waals surface area contributed by atoms with Gasteiger partial charge in [0.05, 0.1) is 6.04 Å². The van der Waals surface area contributed by atoms with Gasteiger partial charge in [-0.15, -0.1) is 0 Å². The van der Waals surface area contributed by atoms with Crippen LogP contribution in [0.4, 0.5) is 4.79 Å². The Kier molecular flexibility index (Phi) is 2.69. The molecular weight excluding hydrogens is 182 g/mol. The summed E-state index contributed by atoms with van der Waals surface area (Å²) < 4.78 is 5.16. The third kappa shape index (κ3) is 2.37. The van der Waals surface area contributed by atoms with Crippen LogP contribution in [0.2, 0.25) is 0 Å². The molecule has 0 spiro atoms. The van der Waals surface area contributed by atoms with Crippen LogP contribution < -0.4 is 5.73 Å². The molecule has 1 amide bonds. The Morgan fingerprint density at radius 3 is 2.43 bits per heavy atom. The second kappa shape index (κ2) is 3.48. The van der Waals surface area contributed by atoms with E-state index in [4.69, 9.17) is 15.9 Å². The van der Waals surface area contributed by atoms with Crippen LogP contribution in [-0.4, -0.2) is 35.0 Å². The molecule has 0 aromatic heterocycles. The zero-order valence-corrected chi connectivity index (χ0v) is 8.83. The Morgan fingerprint density at radius 2 is 2.14 bits per heavy atom. The highest BCUT2D eigenvalue weighted by atomic mass is 16.6. The Morgan fingerprint density at radius 1 is 1.57 bits per heavy atom. The molecule has 1 atom stereocenters. The molecule has 1 rings (SSSR count). The van der Waals surface area contributed by atoms with Gasteiger partial charge in [-0.1, -0.05) is 0 Å². The summed E-state index contributed by atoms with van der Waals surface area (Å²) in [5.41, 5.74) is 4.83. The van der Waals surface area contributed by atoms with Gasteiger partial charge in [-0.05, 0) is 27.2 Å². The lowest BCUT2D eigenvalue weighted by molar-refractivity contribution is 0.00525. The minimum Gasteiger partial charge on any atom is -0.444 e. The van der Waals surface area contributed by atoms with E-state index in [-0.39, 0.29) is 18.0 Å². The highest BCUT2D eigenvalue weighted by molar-refractivity contribution is 5.88. The molecular formula is C9H17N3O2. The third-order valence-corrected chi connectivity index (χ3v) is 2.01. The fourth-order valence-corrected chi connectivity index (χ4v) is 1.25. The minimum atomic E-state index is -0.492. The van der Waals surface area contributed by atoms with Crippen LogP contribution in [0.3, 0.4) is 0 Å². The average molecular weight is 199 g/mol. The zero-order chi connectivity index (χ0) is 10.9. The molecule has 0 radical (unpaired) electrons. The van der Waals surface area contributed by atoms with Crippen LogP contribution in [0.15, 0.2) is 0 Å². The molecule has 0 aromatic rings. The Hall–Kier alpha value is -1.26. The summed E-state index contributed by atoms with van der Waals surface area (Å²) in [7, 11) is 0. The molecule has 80 valence electrons. The predicted octanol–water partition coefficient (Wildman–Crippen LogP) is 0.932. The first-order valence-corrected chi connectivity index (χ1v) is 4.65. The maximum absolute atomic E-state index is 11.5. The van der Waals surface area contributed by atoms with Crippen molar-refractivity contribution in [2.75, 3.05) is 6.54 Å². The van der Waals surface area contributed by atoms with Gasteiger partial charge in [0.1, 0.15) is 11.4 Å². The summed E-state index contributed by atoms with van der Waals surface area (Å²) in [6.07, 6.45) is 0.373. The number of nitrogens with zero attached hydrogens (tertiary/aromatic N) is 1. The van der Waals surface area contributed by atoms with Crippen LogP contribution in [0.5, 0.6) is 0 Å². The largest absolute Gasteiger partial charge is 0.444 e. The van der Waals surface area contributed by atoms with Crippen molar-refractivity contribution in [3.05, 3.63) is 0 Å². The highest BCUT2D eigenvalue weighted by Crippen LogP contribution is 2.20. The van der Waals surface area contributed by atoms with E-state index in [1.165, 1.54) is 4.90 Å². The average Bonchev–Trinajstić information content (AvgIpc) is 1.75. The number of nitrogens with one attached hydrogen (secondary N) is 1. The van der Waals surface area contributed by atoms with Crippen LogP contribution in [0, 0.1) is 5.41 Å². The van der Waals surface area contributed by atoms with Crippen molar-refractivity contribution in [3.8, 4) is 0 Å². The lowest BCUT2D eigenvalue weighted by Crippen LogP contribution is -2.58. The number of carbonyl (C=O) groups excluding carboxylic acids is 1. The molecule has 5 heteroatoms. The van der Waals surface area contributed by atoms with E-state index in [1.807, 2.05) is 20.8 Å². The van der Waals surface area contributed by atoms with Crippen molar-refractivity contribution in [2.45, 2.75) is 38.8 Å². The summed E-state index contributed by atoms with van der Waals surface area (Å²) in [6.45, 7) is 6.06. The van der Waals surface area contributed by atoms with Gasteiger partial charge < -0.3 is 10.5 Å². The zero-order valence-electron chi connectivity index (χ0n) is 8.83. The predicted molar refractivity (Wildman–Crippen MR) is 53.3 cm³/mol. The van der Waals surface area contributed by atoms with Gasteiger partial charge in [-0.25, -0.2) is 4.79 Å². The van der Waals surface area contributed by atoms with Crippen molar-refractivity contribution in [1.82, 2.24) is 4.90 Å². The van der Waals surface area contributed by atoms with E-state index >= 15 is 0 Å². The number of amides is 1. The Bertz CT molecular complexity index is 257. The number of ether oxygens (including phenoxy) is 1. The number of hydrogen-bond donors (Lipinski definition) is 2. The van der Waals surface area contributed by atoms with Crippen LogP contribution in [0.1, 0.15) is 27.2 Å². The first-order chi connectivity index (χ1) is 6.31. The molecule has 14 heavy (non-hydrogen) atoms. The molecule has 0 unspecified atom stereocenters. The Balaban J connectivity index is 2.51. The van der Waals surface area contributed by atoms with Gasteiger partial charge >= 0.3 is 6.09 Å². The Labute approximate surface area is 83.7 Å². The van der Waals surface area contributed by atoms with Crippen molar-refractivity contribution in [1.29, 1.82) is 5.41 Å². The second-order valence-electron chi connectivity index (χ2n) is 4.43. The van der Waals surface area contributed by atoms with Gasteiger partial charge in [0, 0.05) is 6.54 Å². The number of likely N-dealkylation sites (tertiary alicyclic amines) is 1. The molecule has 0 aromatic carbocycles. The van der Waals surface area contributed by atoms with Gasteiger partial charge in [0.15, 0.2) is 0 Å². The number of nitrogens with two attached hydrogens (primary N) is 1. The molecule has 1 aliphatic heterocycles. The topological polar surface area (TPSA) is 79.4 Å². The maximum Gasteiger partial charge on any atom is 0.410 e. The van der Waals surface area contributed by atoms with Crippen molar-refractivity contribution in [3.63, 3.8) is 0 Å². The van der Waals surface area contributed by atoms with E-state index in [2.05, 4.69) is 0 Å². The number of amidine groups is 1. The van der Waals surface area contributed by atoms with Gasteiger partial charge in [-0.2, -0.15) is 0 Å². The van der Waals surface area contributed by atoms with Crippen molar-refractivity contribution >= 4 is 11.9 Å². The lowest BCUT2D eigenvalue weighted by atomic mass is 10.0. The van der Waals surface area contributed by atoms with E-state index < -0.39 is 5.60 Å². The van der Waals surface area contributed by atoms with E-state index in [0.717, 1.165) is 6.42 Å². The molecule has 0 saturated carbocycles. The molecule has 5 nitrogen and oxygen atoms in total. The number of rotatable bonds is 1. The minimum absolute atomic E-state index is 0.0297. The van der Waals surface area contributed by atoms with E-state index in [0.29, 0.717) is 6.54 Å². The van der Waals surface area contributed by atoms with Gasteiger partial charge in [-0.3, -0.25) is 10.3 Å². The number of carbonyl (C=O) groups is 1. The lowest BCUT2D eigenvalue weighted by Gasteiger charge is -2.40. The van der Waals surface area contributed by atoms with E-state index in [1.54, 1.807) is 0 Å². The maximum atomic E-state index is 11.5.